The molecule has 0 aliphatic rings. The van der Waals surface area contributed by atoms with Crippen molar-refractivity contribution in [1.82, 2.24) is 25.1 Å². The predicted octanol–water partition coefficient (Wildman–Crippen LogP) is 4.38. The number of benzene rings is 2. The minimum atomic E-state index is -0.975. The maximum absolute atomic E-state index is 10.2. The van der Waals surface area contributed by atoms with Gasteiger partial charge in [0.25, 0.3) is 0 Å². The van der Waals surface area contributed by atoms with Crippen LogP contribution < -0.4 is 10.6 Å². The van der Waals surface area contributed by atoms with E-state index in [1.54, 1.807) is 36.6 Å². The first-order chi connectivity index (χ1) is 16.1. The number of aromatic nitrogens is 5. The van der Waals surface area contributed by atoms with Gasteiger partial charge in [0, 0.05) is 23.6 Å². The summed E-state index contributed by atoms with van der Waals surface area (Å²) in [6, 6.07) is 15.1. The number of H-pyrrole nitrogens is 1. The summed E-state index contributed by atoms with van der Waals surface area (Å²) in [6.45, 7) is 1.55. The van der Waals surface area contributed by atoms with Gasteiger partial charge >= 0.3 is 0 Å². The van der Waals surface area contributed by atoms with Gasteiger partial charge in [0.1, 0.15) is 18.2 Å². The zero-order chi connectivity index (χ0) is 22.8. The number of fused-ring (bicyclic) bond motifs is 1. The Morgan fingerprint density at radius 3 is 2.67 bits per heavy atom. The molecule has 0 aliphatic carbocycles. The van der Waals surface area contributed by atoms with Crippen LogP contribution in [0.5, 0.6) is 0 Å². The molecule has 0 fully saturated rings. The smallest absolute Gasteiger partial charge is 0.159 e. The maximum atomic E-state index is 10.2. The van der Waals surface area contributed by atoms with Crippen molar-refractivity contribution >= 4 is 44.4 Å². The van der Waals surface area contributed by atoms with Crippen LogP contribution in [0.15, 0.2) is 66.6 Å². The molecule has 0 saturated carbocycles. The number of hydrogen-bond acceptors (Lipinski definition) is 9. The number of pyridine rings is 1. The fraction of sp³-hybridized carbons (Fsp3) is 0.130. The van der Waals surface area contributed by atoms with Gasteiger partial charge < -0.3 is 20.8 Å². The molecule has 9 nitrogen and oxygen atoms in total. The van der Waals surface area contributed by atoms with Gasteiger partial charge in [-0.3, -0.25) is 5.10 Å². The van der Waals surface area contributed by atoms with Crippen molar-refractivity contribution in [2.24, 2.45) is 0 Å². The summed E-state index contributed by atoms with van der Waals surface area (Å²) < 4.78 is 1.09. The van der Waals surface area contributed by atoms with Crippen LogP contribution in [-0.2, 0) is 0 Å². The Morgan fingerprint density at radius 2 is 1.85 bits per heavy atom. The highest BCUT2D eigenvalue weighted by molar-refractivity contribution is 7.16. The highest BCUT2D eigenvalue weighted by Crippen LogP contribution is 2.32. The van der Waals surface area contributed by atoms with E-state index in [1.807, 2.05) is 41.9 Å². The summed E-state index contributed by atoms with van der Waals surface area (Å²) >= 11 is 1.58. The highest BCUT2D eigenvalue weighted by Gasteiger charge is 2.15. The minimum absolute atomic E-state index is 0.572. The van der Waals surface area contributed by atoms with Crippen LogP contribution in [-0.4, -0.2) is 41.5 Å². The number of anilines is 4. The monoisotopic (exact) mass is 459 g/mol. The topological polar surface area (TPSA) is 132 Å². The molecule has 0 aliphatic heterocycles. The summed E-state index contributed by atoms with van der Waals surface area (Å²) in [5, 5.41) is 33.5. The average Bonchev–Trinajstić information content (AvgIpc) is 3.51. The first-order valence-electron chi connectivity index (χ1n) is 10.3. The van der Waals surface area contributed by atoms with E-state index >= 15 is 0 Å². The first kappa shape index (κ1) is 21.0. The number of rotatable bonds is 7. The van der Waals surface area contributed by atoms with Crippen molar-refractivity contribution < 1.29 is 10.2 Å². The van der Waals surface area contributed by atoms with Gasteiger partial charge in [-0.25, -0.2) is 15.0 Å². The lowest BCUT2D eigenvalue weighted by Gasteiger charge is -2.17. The Morgan fingerprint density at radius 1 is 0.970 bits per heavy atom. The molecule has 10 heteroatoms. The van der Waals surface area contributed by atoms with Gasteiger partial charge in [0.05, 0.1) is 33.1 Å². The van der Waals surface area contributed by atoms with Crippen LogP contribution in [0.2, 0.25) is 0 Å². The molecule has 0 spiro atoms. The van der Waals surface area contributed by atoms with E-state index in [1.165, 1.54) is 6.33 Å². The molecular weight excluding hydrogens is 438 g/mol. The van der Waals surface area contributed by atoms with Crippen molar-refractivity contribution in [3.05, 3.63) is 72.1 Å². The van der Waals surface area contributed by atoms with Gasteiger partial charge in [-0.05, 0) is 42.8 Å². The SMILES string of the molecule is C[C@H](O)C(O)c1cccc(Nc2cc(Nc3ccc4ncsc4c3)ncc2-c2ncn[nH]2)c1. The van der Waals surface area contributed by atoms with E-state index in [9.17, 15) is 10.2 Å². The molecule has 33 heavy (non-hydrogen) atoms. The molecule has 0 saturated heterocycles. The van der Waals surface area contributed by atoms with Gasteiger partial charge in [0.15, 0.2) is 5.82 Å². The number of nitrogens with one attached hydrogen (secondary N) is 3. The van der Waals surface area contributed by atoms with Crippen LogP contribution in [0.1, 0.15) is 18.6 Å². The Kier molecular flexibility index (Phi) is 5.69. The summed E-state index contributed by atoms with van der Waals surface area (Å²) in [4.78, 5) is 13.1. The minimum Gasteiger partial charge on any atom is -0.390 e. The van der Waals surface area contributed by atoms with Crippen LogP contribution in [0.25, 0.3) is 21.6 Å². The van der Waals surface area contributed by atoms with Gasteiger partial charge in [-0.15, -0.1) is 11.3 Å². The van der Waals surface area contributed by atoms with Gasteiger partial charge in [-0.2, -0.15) is 5.10 Å². The number of thiazole rings is 1. The van der Waals surface area contributed by atoms with Gasteiger partial charge in [-0.1, -0.05) is 12.1 Å². The fourth-order valence-electron chi connectivity index (χ4n) is 3.47. The van der Waals surface area contributed by atoms with E-state index in [-0.39, 0.29) is 0 Å². The van der Waals surface area contributed by atoms with E-state index in [0.29, 0.717) is 17.2 Å². The summed E-state index contributed by atoms with van der Waals surface area (Å²) in [5.74, 6) is 1.22. The van der Waals surface area contributed by atoms with Crippen LogP contribution in [0.3, 0.4) is 0 Å². The summed E-state index contributed by atoms with van der Waals surface area (Å²) in [6.07, 6.45) is 1.30. The van der Waals surface area contributed by atoms with Crippen molar-refractivity contribution in [2.75, 3.05) is 10.6 Å². The average molecular weight is 460 g/mol. The standard InChI is InChI=1S/C23H21N7O2S/c1-13(31)22(32)14-3-2-4-15(7-14)28-19-9-21(24-10-17(19)23-25-11-27-30-23)29-16-5-6-18-20(8-16)33-12-26-18/h2-13,22,31-32H,1H3,(H2,24,28,29)(H,25,27,30)/t13-,22?/m0/s1. The molecule has 0 bridgehead atoms. The summed E-state index contributed by atoms with van der Waals surface area (Å²) in [5.41, 5.74) is 6.52. The van der Waals surface area contributed by atoms with Crippen molar-refractivity contribution in [3.63, 3.8) is 0 Å². The summed E-state index contributed by atoms with van der Waals surface area (Å²) in [7, 11) is 0. The quantitative estimate of drug-likeness (QED) is 0.242. The van der Waals surface area contributed by atoms with E-state index in [4.69, 9.17) is 0 Å². The van der Waals surface area contributed by atoms with Crippen LogP contribution in [0, 0.1) is 0 Å². The van der Waals surface area contributed by atoms with Crippen LogP contribution in [0.4, 0.5) is 22.9 Å². The molecule has 5 aromatic rings. The second-order valence-electron chi connectivity index (χ2n) is 7.54. The lowest BCUT2D eigenvalue weighted by molar-refractivity contribution is 0.0306. The number of aliphatic hydroxyl groups is 2. The van der Waals surface area contributed by atoms with E-state index < -0.39 is 12.2 Å². The highest BCUT2D eigenvalue weighted by atomic mass is 32.1. The van der Waals surface area contributed by atoms with Crippen LogP contribution >= 0.6 is 11.3 Å². The van der Waals surface area contributed by atoms with Gasteiger partial charge in [0.2, 0.25) is 0 Å². The van der Waals surface area contributed by atoms with Crippen molar-refractivity contribution in [1.29, 1.82) is 0 Å². The Balaban J connectivity index is 1.48. The third kappa shape index (κ3) is 4.53. The molecule has 3 aromatic heterocycles. The molecule has 5 N–H and O–H groups in total. The first-order valence-corrected chi connectivity index (χ1v) is 11.1. The fourth-order valence-corrected chi connectivity index (χ4v) is 4.18. The second kappa shape index (κ2) is 8.94. The predicted molar refractivity (Wildman–Crippen MR) is 129 cm³/mol. The van der Waals surface area contributed by atoms with Crippen molar-refractivity contribution in [2.45, 2.75) is 19.1 Å². The number of aliphatic hydroxyl groups excluding tert-OH is 2. The molecule has 2 aromatic carbocycles. The second-order valence-corrected chi connectivity index (χ2v) is 8.43. The van der Waals surface area contributed by atoms with Crippen molar-refractivity contribution in [3.8, 4) is 11.4 Å². The third-order valence-corrected chi connectivity index (χ3v) is 5.93. The Bertz CT molecular complexity index is 1380. The largest absolute Gasteiger partial charge is 0.390 e. The lowest BCUT2D eigenvalue weighted by Crippen LogP contribution is -2.13. The Labute approximate surface area is 193 Å². The molecule has 0 radical (unpaired) electrons. The number of nitrogens with zero attached hydrogens (tertiary/aromatic N) is 4. The lowest BCUT2D eigenvalue weighted by atomic mass is 10.0. The maximum Gasteiger partial charge on any atom is 0.159 e. The number of hydrogen-bond donors (Lipinski definition) is 5. The molecular formula is C23H21N7O2S. The molecule has 2 atom stereocenters. The van der Waals surface area contributed by atoms with E-state index in [2.05, 4.69) is 35.8 Å². The van der Waals surface area contributed by atoms with E-state index in [0.717, 1.165) is 32.8 Å². The zero-order valence-electron chi connectivity index (χ0n) is 17.6. The zero-order valence-corrected chi connectivity index (χ0v) is 18.4. The molecule has 3 heterocycles. The molecule has 5 rings (SSSR count). The molecule has 1 unspecified atom stereocenters. The number of aromatic amines is 1. The molecule has 166 valence electrons. The normalized spacial score (nSPS) is 13.1. The Hall–Kier alpha value is -3.86. The third-order valence-electron chi connectivity index (χ3n) is 5.14. The molecule has 0 amide bonds.